The van der Waals surface area contributed by atoms with Crippen LogP contribution in [0.5, 0.6) is 5.75 Å². The van der Waals surface area contributed by atoms with Crippen LogP contribution in [0.15, 0.2) is 42.6 Å². The van der Waals surface area contributed by atoms with E-state index in [4.69, 9.17) is 16.3 Å². The molecule has 8 heteroatoms. The van der Waals surface area contributed by atoms with E-state index in [1.807, 2.05) is 24.3 Å². The Labute approximate surface area is 153 Å². The first-order chi connectivity index (χ1) is 12.6. The average molecular weight is 371 g/mol. The SMILES string of the molecule is O=C(NCCN1C(=O)COc2ccccc21)c1c(Cl)ccc2cn[nH]c12. The maximum absolute atomic E-state index is 12.6. The molecule has 2 amide bonds. The van der Waals surface area contributed by atoms with Crippen molar-refractivity contribution < 1.29 is 14.3 Å². The lowest BCUT2D eigenvalue weighted by molar-refractivity contribution is -0.121. The molecule has 26 heavy (non-hydrogen) atoms. The number of nitrogens with one attached hydrogen (secondary N) is 2. The summed E-state index contributed by atoms with van der Waals surface area (Å²) < 4.78 is 5.41. The Balaban J connectivity index is 1.48. The van der Waals surface area contributed by atoms with Gasteiger partial charge in [-0.25, -0.2) is 0 Å². The van der Waals surface area contributed by atoms with E-state index in [2.05, 4.69) is 15.5 Å². The molecule has 7 nitrogen and oxygen atoms in total. The third-order valence-electron chi connectivity index (χ3n) is 4.22. The summed E-state index contributed by atoms with van der Waals surface area (Å²) in [7, 11) is 0. The Bertz CT molecular complexity index is 1000. The standard InChI is InChI=1S/C18H15ClN4O3/c19-12-6-5-11-9-21-22-17(11)16(12)18(25)20-7-8-23-13-3-1-2-4-14(13)26-10-15(23)24/h1-6,9H,7-8,10H2,(H,20,25)(H,21,22). The largest absolute Gasteiger partial charge is 0.482 e. The van der Waals surface area contributed by atoms with Crippen molar-refractivity contribution in [3.05, 3.63) is 53.2 Å². The molecule has 2 heterocycles. The number of halogens is 1. The van der Waals surface area contributed by atoms with Crippen LogP contribution in [-0.4, -0.2) is 41.7 Å². The minimum atomic E-state index is -0.321. The van der Waals surface area contributed by atoms with Crippen molar-refractivity contribution in [3.8, 4) is 5.75 Å². The number of amides is 2. The first-order valence-corrected chi connectivity index (χ1v) is 8.45. The number of anilines is 1. The zero-order valence-corrected chi connectivity index (χ0v) is 14.4. The molecule has 1 aliphatic heterocycles. The second-order valence-electron chi connectivity index (χ2n) is 5.81. The van der Waals surface area contributed by atoms with Gasteiger partial charge in [-0.2, -0.15) is 5.10 Å². The lowest BCUT2D eigenvalue weighted by Gasteiger charge is -2.29. The fourth-order valence-corrected chi connectivity index (χ4v) is 3.22. The first kappa shape index (κ1) is 16.4. The van der Waals surface area contributed by atoms with Crippen molar-refractivity contribution >= 4 is 40.0 Å². The van der Waals surface area contributed by atoms with Crippen molar-refractivity contribution in [2.24, 2.45) is 0 Å². The summed E-state index contributed by atoms with van der Waals surface area (Å²) in [4.78, 5) is 26.3. The highest BCUT2D eigenvalue weighted by Gasteiger charge is 2.25. The Kier molecular flexibility index (Phi) is 4.22. The number of para-hydroxylation sites is 2. The number of rotatable bonds is 4. The molecule has 4 rings (SSSR count). The zero-order valence-electron chi connectivity index (χ0n) is 13.7. The highest BCUT2D eigenvalue weighted by molar-refractivity contribution is 6.35. The molecule has 1 aromatic heterocycles. The van der Waals surface area contributed by atoms with E-state index in [-0.39, 0.29) is 25.0 Å². The van der Waals surface area contributed by atoms with E-state index in [1.165, 1.54) is 0 Å². The number of hydrogen-bond donors (Lipinski definition) is 2. The molecule has 2 N–H and O–H groups in total. The van der Waals surface area contributed by atoms with Gasteiger partial charge in [0.2, 0.25) is 0 Å². The number of aromatic nitrogens is 2. The quantitative estimate of drug-likeness (QED) is 0.738. The number of hydrogen-bond acceptors (Lipinski definition) is 4. The highest BCUT2D eigenvalue weighted by Crippen LogP contribution is 2.31. The zero-order chi connectivity index (χ0) is 18.1. The van der Waals surface area contributed by atoms with Crippen LogP contribution in [0.25, 0.3) is 10.9 Å². The van der Waals surface area contributed by atoms with Gasteiger partial charge in [-0.1, -0.05) is 23.7 Å². The third-order valence-corrected chi connectivity index (χ3v) is 4.54. The number of nitrogens with zero attached hydrogens (tertiary/aromatic N) is 2. The van der Waals surface area contributed by atoms with Crippen LogP contribution in [0.2, 0.25) is 5.02 Å². The summed E-state index contributed by atoms with van der Waals surface area (Å²) in [6.07, 6.45) is 1.63. The molecule has 3 aromatic rings. The van der Waals surface area contributed by atoms with Gasteiger partial charge in [-0.05, 0) is 24.3 Å². The van der Waals surface area contributed by atoms with Crippen molar-refractivity contribution in [2.75, 3.05) is 24.6 Å². The van der Waals surface area contributed by atoms with Crippen LogP contribution in [0, 0.1) is 0 Å². The number of fused-ring (bicyclic) bond motifs is 2. The van der Waals surface area contributed by atoms with Crippen LogP contribution in [-0.2, 0) is 4.79 Å². The smallest absolute Gasteiger partial charge is 0.265 e. The number of carbonyl (C=O) groups is 2. The van der Waals surface area contributed by atoms with Crippen LogP contribution in [0.4, 0.5) is 5.69 Å². The molecule has 0 fully saturated rings. The maximum atomic E-state index is 12.6. The predicted octanol–water partition coefficient (Wildman–Crippen LogP) is 2.37. The molecule has 1 aliphatic rings. The number of ether oxygens (including phenoxy) is 1. The molecule has 0 saturated heterocycles. The molecule has 0 aliphatic carbocycles. The Morgan fingerprint density at radius 2 is 2.15 bits per heavy atom. The Morgan fingerprint density at radius 1 is 1.31 bits per heavy atom. The summed E-state index contributed by atoms with van der Waals surface area (Å²) in [6.45, 7) is 0.603. The van der Waals surface area contributed by atoms with E-state index in [0.29, 0.717) is 34.1 Å². The summed E-state index contributed by atoms with van der Waals surface area (Å²) in [6, 6.07) is 10.8. The summed E-state index contributed by atoms with van der Waals surface area (Å²) >= 11 is 6.18. The Hall–Kier alpha value is -3.06. The van der Waals surface area contributed by atoms with Gasteiger partial charge in [0.05, 0.1) is 28.0 Å². The lowest BCUT2D eigenvalue weighted by atomic mass is 10.1. The van der Waals surface area contributed by atoms with Crippen LogP contribution in [0.3, 0.4) is 0 Å². The average Bonchev–Trinajstić information content (AvgIpc) is 3.11. The van der Waals surface area contributed by atoms with E-state index in [9.17, 15) is 9.59 Å². The van der Waals surface area contributed by atoms with Gasteiger partial charge >= 0.3 is 0 Å². The molecule has 0 spiro atoms. The van der Waals surface area contributed by atoms with Gasteiger partial charge in [-0.15, -0.1) is 0 Å². The fourth-order valence-electron chi connectivity index (χ4n) is 2.98. The number of benzene rings is 2. The molecule has 2 aromatic carbocycles. The second kappa shape index (κ2) is 6.68. The Morgan fingerprint density at radius 3 is 3.04 bits per heavy atom. The summed E-state index contributed by atoms with van der Waals surface area (Å²) in [5.74, 6) is 0.189. The molecule has 132 valence electrons. The molecule has 0 bridgehead atoms. The predicted molar refractivity (Wildman–Crippen MR) is 97.7 cm³/mol. The van der Waals surface area contributed by atoms with Crippen molar-refractivity contribution in [1.82, 2.24) is 15.5 Å². The number of aromatic amines is 1. The van der Waals surface area contributed by atoms with Gasteiger partial charge in [0.1, 0.15) is 5.75 Å². The van der Waals surface area contributed by atoms with Gasteiger partial charge in [0, 0.05) is 18.5 Å². The number of H-pyrrole nitrogens is 1. The topological polar surface area (TPSA) is 87.3 Å². The summed E-state index contributed by atoms with van der Waals surface area (Å²) in [5, 5.41) is 10.7. The lowest BCUT2D eigenvalue weighted by Crippen LogP contribution is -2.43. The van der Waals surface area contributed by atoms with E-state index in [0.717, 1.165) is 5.39 Å². The van der Waals surface area contributed by atoms with Crippen molar-refractivity contribution in [2.45, 2.75) is 0 Å². The molecule has 0 radical (unpaired) electrons. The third kappa shape index (κ3) is 2.86. The number of carbonyl (C=O) groups excluding carboxylic acids is 2. The van der Waals surface area contributed by atoms with Crippen LogP contribution >= 0.6 is 11.6 Å². The fraction of sp³-hybridized carbons (Fsp3) is 0.167. The van der Waals surface area contributed by atoms with Crippen LogP contribution < -0.4 is 15.0 Å². The van der Waals surface area contributed by atoms with Gasteiger partial charge < -0.3 is 15.0 Å². The second-order valence-corrected chi connectivity index (χ2v) is 6.22. The van der Waals surface area contributed by atoms with Crippen molar-refractivity contribution in [3.63, 3.8) is 0 Å². The molecular weight excluding hydrogens is 356 g/mol. The van der Waals surface area contributed by atoms with Crippen LogP contribution in [0.1, 0.15) is 10.4 Å². The maximum Gasteiger partial charge on any atom is 0.265 e. The normalized spacial score (nSPS) is 13.4. The van der Waals surface area contributed by atoms with E-state index >= 15 is 0 Å². The van der Waals surface area contributed by atoms with Gasteiger partial charge in [-0.3, -0.25) is 14.7 Å². The molecule has 0 atom stereocenters. The molecular formula is C18H15ClN4O3. The molecule has 0 unspecified atom stereocenters. The highest BCUT2D eigenvalue weighted by atomic mass is 35.5. The van der Waals surface area contributed by atoms with Crippen molar-refractivity contribution in [1.29, 1.82) is 0 Å². The molecule has 0 saturated carbocycles. The van der Waals surface area contributed by atoms with E-state index in [1.54, 1.807) is 23.2 Å². The minimum Gasteiger partial charge on any atom is -0.482 e. The van der Waals surface area contributed by atoms with Gasteiger partial charge in [0.15, 0.2) is 6.61 Å². The monoisotopic (exact) mass is 370 g/mol. The summed E-state index contributed by atoms with van der Waals surface area (Å²) in [5.41, 5.74) is 1.63. The van der Waals surface area contributed by atoms with Gasteiger partial charge in [0.25, 0.3) is 11.8 Å². The minimum absolute atomic E-state index is 0.00968. The first-order valence-electron chi connectivity index (χ1n) is 8.07. The van der Waals surface area contributed by atoms with E-state index < -0.39 is 0 Å².